The topological polar surface area (TPSA) is 21.3 Å². The van der Waals surface area contributed by atoms with Gasteiger partial charge in [-0.25, -0.2) is 0 Å². The zero-order valence-electron chi connectivity index (χ0n) is 10.3. The van der Waals surface area contributed by atoms with Crippen LogP contribution >= 0.6 is 11.6 Å². The van der Waals surface area contributed by atoms with Gasteiger partial charge in [-0.2, -0.15) is 0 Å². The van der Waals surface area contributed by atoms with E-state index in [0.29, 0.717) is 5.02 Å². The summed E-state index contributed by atoms with van der Waals surface area (Å²) in [5.41, 5.74) is 1.20. The summed E-state index contributed by atoms with van der Waals surface area (Å²) in [5, 5.41) is 3.97. The van der Waals surface area contributed by atoms with Crippen LogP contribution in [-0.4, -0.2) is 6.54 Å². The first-order valence-corrected chi connectivity index (χ1v) is 6.39. The molecule has 0 aliphatic rings. The van der Waals surface area contributed by atoms with Gasteiger partial charge in [-0.1, -0.05) is 36.7 Å². The van der Waals surface area contributed by atoms with E-state index in [1.54, 1.807) is 6.07 Å². The Bertz CT molecular complexity index is 513. The van der Waals surface area contributed by atoms with E-state index in [-0.39, 0.29) is 0 Å². The largest absolute Gasteiger partial charge is 0.457 e. The van der Waals surface area contributed by atoms with Crippen molar-refractivity contribution in [2.45, 2.75) is 13.5 Å². The number of nitrogens with one attached hydrogen (secondary N) is 1. The Hall–Kier alpha value is -1.51. The summed E-state index contributed by atoms with van der Waals surface area (Å²) >= 11 is 5.92. The van der Waals surface area contributed by atoms with Gasteiger partial charge in [0, 0.05) is 11.6 Å². The summed E-state index contributed by atoms with van der Waals surface area (Å²) in [6.07, 6.45) is 0. The molecule has 0 aromatic heterocycles. The molecule has 2 nitrogen and oxygen atoms in total. The average molecular weight is 262 g/mol. The molecule has 18 heavy (non-hydrogen) atoms. The Morgan fingerprint density at radius 3 is 2.50 bits per heavy atom. The summed E-state index contributed by atoms with van der Waals surface area (Å²) in [4.78, 5) is 0. The summed E-state index contributed by atoms with van der Waals surface area (Å²) in [5.74, 6) is 1.58. The number of rotatable bonds is 5. The van der Waals surface area contributed by atoms with E-state index >= 15 is 0 Å². The molecule has 0 saturated carbocycles. The Labute approximate surface area is 113 Å². The van der Waals surface area contributed by atoms with E-state index in [9.17, 15) is 0 Å². The molecule has 0 aliphatic carbocycles. The van der Waals surface area contributed by atoms with E-state index in [1.807, 2.05) is 36.4 Å². The number of benzene rings is 2. The van der Waals surface area contributed by atoms with Crippen LogP contribution in [-0.2, 0) is 6.54 Å². The molecule has 0 radical (unpaired) electrons. The van der Waals surface area contributed by atoms with Crippen molar-refractivity contribution < 1.29 is 4.74 Å². The molecule has 0 bridgehead atoms. The van der Waals surface area contributed by atoms with E-state index in [2.05, 4.69) is 18.3 Å². The molecule has 0 fully saturated rings. The van der Waals surface area contributed by atoms with Crippen LogP contribution in [0.25, 0.3) is 0 Å². The molecule has 0 amide bonds. The summed E-state index contributed by atoms with van der Waals surface area (Å²) in [6.45, 7) is 3.90. The minimum absolute atomic E-state index is 0.677. The SMILES string of the molecule is CCNCc1cccc(Oc2cccc(Cl)c2)c1. The van der Waals surface area contributed by atoms with Crippen molar-refractivity contribution in [3.05, 3.63) is 59.1 Å². The lowest BCUT2D eigenvalue weighted by molar-refractivity contribution is 0.481. The summed E-state index contributed by atoms with van der Waals surface area (Å²) < 4.78 is 5.77. The van der Waals surface area contributed by atoms with Gasteiger partial charge in [0.15, 0.2) is 0 Å². The van der Waals surface area contributed by atoms with Crippen molar-refractivity contribution in [3.63, 3.8) is 0 Å². The maximum absolute atomic E-state index is 5.92. The van der Waals surface area contributed by atoms with Crippen LogP contribution < -0.4 is 10.1 Å². The zero-order valence-corrected chi connectivity index (χ0v) is 11.1. The maximum Gasteiger partial charge on any atom is 0.128 e. The van der Waals surface area contributed by atoms with Crippen LogP contribution in [0.1, 0.15) is 12.5 Å². The predicted octanol–water partition coefficient (Wildman–Crippen LogP) is 4.24. The summed E-state index contributed by atoms with van der Waals surface area (Å²) in [6, 6.07) is 15.4. The molecule has 2 aromatic carbocycles. The third-order valence-corrected chi connectivity index (χ3v) is 2.74. The van der Waals surface area contributed by atoms with Gasteiger partial charge in [0.25, 0.3) is 0 Å². The highest BCUT2D eigenvalue weighted by Crippen LogP contribution is 2.24. The Morgan fingerprint density at radius 2 is 1.78 bits per heavy atom. The van der Waals surface area contributed by atoms with Gasteiger partial charge >= 0.3 is 0 Å². The summed E-state index contributed by atoms with van der Waals surface area (Å²) in [7, 11) is 0. The maximum atomic E-state index is 5.92. The number of ether oxygens (including phenoxy) is 1. The fourth-order valence-electron chi connectivity index (χ4n) is 1.65. The molecule has 2 rings (SSSR count). The van der Waals surface area contributed by atoms with Crippen LogP contribution in [0.15, 0.2) is 48.5 Å². The Kier molecular flexibility index (Phi) is 4.62. The van der Waals surface area contributed by atoms with Crippen molar-refractivity contribution >= 4 is 11.6 Å². The van der Waals surface area contributed by atoms with Gasteiger partial charge in [-0.3, -0.25) is 0 Å². The molecular formula is C15H16ClNO. The lowest BCUT2D eigenvalue weighted by Gasteiger charge is -2.08. The smallest absolute Gasteiger partial charge is 0.128 e. The fraction of sp³-hybridized carbons (Fsp3) is 0.200. The molecule has 0 spiro atoms. The molecule has 0 unspecified atom stereocenters. The van der Waals surface area contributed by atoms with Crippen molar-refractivity contribution in [2.24, 2.45) is 0 Å². The Morgan fingerprint density at radius 1 is 1.06 bits per heavy atom. The predicted molar refractivity (Wildman–Crippen MR) is 75.3 cm³/mol. The average Bonchev–Trinajstić information content (AvgIpc) is 2.37. The zero-order chi connectivity index (χ0) is 12.8. The molecule has 2 aromatic rings. The molecule has 0 aliphatic heterocycles. The first kappa shape index (κ1) is 12.9. The minimum Gasteiger partial charge on any atom is -0.457 e. The van der Waals surface area contributed by atoms with Gasteiger partial charge in [0.1, 0.15) is 11.5 Å². The van der Waals surface area contributed by atoms with Crippen molar-refractivity contribution in [1.82, 2.24) is 5.32 Å². The van der Waals surface area contributed by atoms with E-state index in [4.69, 9.17) is 16.3 Å². The first-order chi connectivity index (χ1) is 8.78. The second kappa shape index (κ2) is 6.43. The van der Waals surface area contributed by atoms with Gasteiger partial charge in [-0.15, -0.1) is 0 Å². The van der Waals surface area contributed by atoms with Gasteiger partial charge in [0.05, 0.1) is 0 Å². The molecule has 0 atom stereocenters. The lowest BCUT2D eigenvalue weighted by Crippen LogP contribution is -2.11. The molecular weight excluding hydrogens is 246 g/mol. The number of hydrogen-bond acceptors (Lipinski definition) is 2. The van der Waals surface area contributed by atoms with Gasteiger partial charge < -0.3 is 10.1 Å². The standard InChI is InChI=1S/C15H16ClNO/c1-2-17-11-12-5-3-7-14(9-12)18-15-8-4-6-13(16)10-15/h3-10,17H,2,11H2,1H3. The first-order valence-electron chi connectivity index (χ1n) is 6.01. The van der Waals surface area contributed by atoms with Crippen LogP contribution in [0.2, 0.25) is 5.02 Å². The third-order valence-electron chi connectivity index (χ3n) is 2.51. The minimum atomic E-state index is 0.677. The van der Waals surface area contributed by atoms with Crippen LogP contribution in [0.4, 0.5) is 0 Å². The second-order valence-corrected chi connectivity index (χ2v) is 4.42. The highest BCUT2D eigenvalue weighted by Gasteiger charge is 1.99. The van der Waals surface area contributed by atoms with E-state index in [0.717, 1.165) is 24.6 Å². The van der Waals surface area contributed by atoms with Gasteiger partial charge in [0.2, 0.25) is 0 Å². The van der Waals surface area contributed by atoms with Crippen LogP contribution in [0.5, 0.6) is 11.5 Å². The normalized spacial score (nSPS) is 10.3. The highest BCUT2D eigenvalue weighted by atomic mass is 35.5. The van der Waals surface area contributed by atoms with Crippen LogP contribution in [0.3, 0.4) is 0 Å². The molecule has 0 heterocycles. The van der Waals surface area contributed by atoms with Crippen molar-refractivity contribution in [3.8, 4) is 11.5 Å². The lowest BCUT2D eigenvalue weighted by atomic mass is 10.2. The van der Waals surface area contributed by atoms with E-state index in [1.165, 1.54) is 5.56 Å². The number of halogens is 1. The monoisotopic (exact) mass is 261 g/mol. The number of hydrogen-bond donors (Lipinski definition) is 1. The third kappa shape index (κ3) is 3.76. The van der Waals surface area contributed by atoms with Crippen molar-refractivity contribution in [1.29, 1.82) is 0 Å². The fourth-order valence-corrected chi connectivity index (χ4v) is 1.84. The molecule has 94 valence electrons. The van der Waals surface area contributed by atoms with Crippen LogP contribution in [0, 0.1) is 0 Å². The molecule has 3 heteroatoms. The Balaban J connectivity index is 2.09. The highest BCUT2D eigenvalue weighted by molar-refractivity contribution is 6.30. The molecule has 0 saturated heterocycles. The van der Waals surface area contributed by atoms with Crippen molar-refractivity contribution in [2.75, 3.05) is 6.54 Å². The quantitative estimate of drug-likeness (QED) is 0.869. The molecule has 1 N–H and O–H groups in total. The van der Waals surface area contributed by atoms with E-state index < -0.39 is 0 Å². The van der Waals surface area contributed by atoms with Gasteiger partial charge in [-0.05, 0) is 42.4 Å². The second-order valence-electron chi connectivity index (χ2n) is 3.99.